The van der Waals surface area contributed by atoms with Crippen molar-refractivity contribution in [1.29, 1.82) is 0 Å². The van der Waals surface area contributed by atoms with Crippen LogP contribution in [0.2, 0.25) is 0 Å². The fourth-order valence-electron chi connectivity index (χ4n) is 3.36. The molecule has 30 heavy (non-hydrogen) atoms. The lowest BCUT2D eigenvalue weighted by Crippen LogP contribution is -2.06. The number of pyridine rings is 1. The topological polar surface area (TPSA) is 74.5 Å². The summed E-state index contributed by atoms with van der Waals surface area (Å²) in [5.74, 6) is 2.70. The molecule has 2 aromatic heterocycles. The first-order chi connectivity index (χ1) is 14.6. The number of hydrogen-bond donors (Lipinski definition) is 0. The molecule has 0 radical (unpaired) electrons. The van der Waals surface area contributed by atoms with Crippen LogP contribution in [0.5, 0.6) is 11.5 Å². The minimum absolute atomic E-state index is 0.00782. The smallest absolute Gasteiger partial charge is 0.226 e. The Labute approximate surface area is 176 Å². The third-order valence-corrected chi connectivity index (χ3v) is 5.32. The second kappa shape index (κ2) is 9.11. The summed E-state index contributed by atoms with van der Waals surface area (Å²) in [6.07, 6.45) is 7.76. The first-order valence-corrected chi connectivity index (χ1v) is 10.3. The molecule has 1 fully saturated rings. The van der Waals surface area contributed by atoms with Crippen molar-refractivity contribution in [3.05, 3.63) is 59.7 Å². The highest BCUT2D eigenvalue weighted by atomic mass is 16.5. The molecule has 1 aliphatic carbocycles. The lowest BCUT2D eigenvalue weighted by atomic mass is 10.1. The monoisotopic (exact) mass is 406 g/mol. The van der Waals surface area contributed by atoms with Gasteiger partial charge >= 0.3 is 0 Å². The molecule has 6 heteroatoms. The number of ether oxygens (including phenoxy) is 2. The Morgan fingerprint density at radius 3 is 2.87 bits per heavy atom. The molecule has 0 amide bonds. The van der Waals surface area contributed by atoms with Crippen molar-refractivity contribution >= 4 is 5.78 Å². The third-order valence-electron chi connectivity index (χ3n) is 5.32. The standard InChI is InChI=1S/C24H26N2O4/c1-16-4-3-12-25-23(16)20(27)9-8-19-15-30-24(26-19)18-7-10-21(28-2)22(14-18)29-13-11-17-5-6-17/h3-4,7,10,12,14-15,17H,5-6,8-9,11,13H2,1-2H3. The van der Waals surface area contributed by atoms with E-state index >= 15 is 0 Å². The molecule has 0 aliphatic heterocycles. The van der Waals surface area contributed by atoms with Crippen molar-refractivity contribution in [2.75, 3.05) is 13.7 Å². The summed E-state index contributed by atoms with van der Waals surface area (Å²) in [5, 5.41) is 0. The van der Waals surface area contributed by atoms with Gasteiger partial charge < -0.3 is 13.9 Å². The highest BCUT2D eigenvalue weighted by Gasteiger charge is 2.21. The van der Waals surface area contributed by atoms with Crippen LogP contribution in [0, 0.1) is 12.8 Å². The molecule has 156 valence electrons. The molecule has 0 N–H and O–H groups in total. The minimum Gasteiger partial charge on any atom is -0.493 e. The molecule has 2 heterocycles. The van der Waals surface area contributed by atoms with Gasteiger partial charge in [0.15, 0.2) is 17.3 Å². The number of carbonyl (C=O) groups is 1. The van der Waals surface area contributed by atoms with Crippen LogP contribution in [0.15, 0.2) is 47.2 Å². The molecular weight excluding hydrogens is 380 g/mol. The molecule has 0 atom stereocenters. The maximum Gasteiger partial charge on any atom is 0.226 e. The highest BCUT2D eigenvalue weighted by Crippen LogP contribution is 2.35. The van der Waals surface area contributed by atoms with E-state index in [-0.39, 0.29) is 5.78 Å². The van der Waals surface area contributed by atoms with E-state index in [0.29, 0.717) is 42.5 Å². The quantitative estimate of drug-likeness (QED) is 0.439. The van der Waals surface area contributed by atoms with Gasteiger partial charge in [-0.2, -0.15) is 0 Å². The average molecular weight is 406 g/mol. The molecule has 1 saturated carbocycles. The van der Waals surface area contributed by atoms with Gasteiger partial charge in [0.2, 0.25) is 5.89 Å². The van der Waals surface area contributed by atoms with Crippen LogP contribution in [0.25, 0.3) is 11.5 Å². The fraction of sp³-hybridized carbons (Fsp3) is 0.375. The molecule has 0 unspecified atom stereocenters. The maximum absolute atomic E-state index is 12.4. The van der Waals surface area contributed by atoms with Crippen LogP contribution in [-0.2, 0) is 6.42 Å². The number of benzene rings is 1. The zero-order valence-corrected chi connectivity index (χ0v) is 17.4. The van der Waals surface area contributed by atoms with Crippen molar-refractivity contribution in [1.82, 2.24) is 9.97 Å². The molecule has 0 spiro atoms. The van der Waals surface area contributed by atoms with Crippen molar-refractivity contribution in [2.24, 2.45) is 5.92 Å². The molecule has 6 nitrogen and oxygen atoms in total. The summed E-state index contributed by atoms with van der Waals surface area (Å²) in [6, 6.07) is 9.37. The maximum atomic E-state index is 12.4. The van der Waals surface area contributed by atoms with Gasteiger partial charge in [-0.1, -0.05) is 18.9 Å². The minimum atomic E-state index is 0.00782. The highest BCUT2D eigenvalue weighted by molar-refractivity contribution is 5.95. The Balaban J connectivity index is 1.41. The van der Waals surface area contributed by atoms with Crippen LogP contribution in [0.1, 0.15) is 47.4 Å². The number of methoxy groups -OCH3 is 1. The zero-order valence-electron chi connectivity index (χ0n) is 17.4. The Morgan fingerprint density at radius 2 is 2.10 bits per heavy atom. The SMILES string of the molecule is COc1ccc(-c2nc(CCC(=O)c3ncccc3C)co2)cc1OCCC1CC1. The van der Waals surface area contributed by atoms with E-state index in [0.717, 1.165) is 29.2 Å². The second-order valence-corrected chi connectivity index (χ2v) is 7.68. The lowest BCUT2D eigenvalue weighted by molar-refractivity contribution is 0.0977. The van der Waals surface area contributed by atoms with Gasteiger partial charge in [0, 0.05) is 24.6 Å². The Morgan fingerprint density at radius 1 is 1.23 bits per heavy atom. The number of carbonyl (C=O) groups excluding carboxylic acids is 1. The number of aromatic nitrogens is 2. The Hall–Kier alpha value is -3.15. The molecule has 4 rings (SSSR count). The number of Topliss-reactive ketones (excluding diaryl/α,β-unsaturated/α-hetero) is 1. The number of ketones is 1. The third kappa shape index (κ3) is 4.87. The van der Waals surface area contributed by atoms with Crippen LogP contribution in [0.4, 0.5) is 0 Å². The fourth-order valence-corrected chi connectivity index (χ4v) is 3.36. The van der Waals surface area contributed by atoms with Gasteiger partial charge in [-0.3, -0.25) is 9.78 Å². The van der Waals surface area contributed by atoms with E-state index in [9.17, 15) is 4.79 Å². The number of oxazole rings is 1. The van der Waals surface area contributed by atoms with Gasteiger partial charge in [0.1, 0.15) is 12.0 Å². The molecule has 0 saturated heterocycles. The first-order valence-electron chi connectivity index (χ1n) is 10.3. The van der Waals surface area contributed by atoms with Gasteiger partial charge in [-0.05, 0) is 49.1 Å². The Kier molecular flexibility index (Phi) is 6.12. The molecule has 3 aromatic rings. The summed E-state index contributed by atoms with van der Waals surface area (Å²) in [6.45, 7) is 2.57. The van der Waals surface area contributed by atoms with E-state index < -0.39 is 0 Å². The van der Waals surface area contributed by atoms with Gasteiger partial charge in [-0.25, -0.2) is 4.98 Å². The normalized spacial score (nSPS) is 13.3. The predicted molar refractivity (Wildman–Crippen MR) is 113 cm³/mol. The van der Waals surface area contributed by atoms with E-state index in [1.165, 1.54) is 12.8 Å². The summed E-state index contributed by atoms with van der Waals surface area (Å²) in [4.78, 5) is 21.2. The van der Waals surface area contributed by atoms with Crippen molar-refractivity contribution in [3.63, 3.8) is 0 Å². The van der Waals surface area contributed by atoms with Crippen LogP contribution >= 0.6 is 0 Å². The second-order valence-electron chi connectivity index (χ2n) is 7.68. The predicted octanol–water partition coefficient (Wildman–Crippen LogP) is 5.05. The van der Waals surface area contributed by atoms with Crippen LogP contribution in [0.3, 0.4) is 0 Å². The van der Waals surface area contributed by atoms with E-state index in [1.807, 2.05) is 37.3 Å². The van der Waals surface area contributed by atoms with E-state index in [2.05, 4.69) is 9.97 Å². The number of nitrogens with zero attached hydrogens (tertiary/aromatic N) is 2. The summed E-state index contributed by atoms with van der Waals surface area (Å²) < 4.78 is 17.0. The molecular formula is C24H26N2O4. The molecule has 1 aromatic carbocycles. The van der Waals surface area contributed by atoms with Crippen molar-refractivity contribution in [3.8, 4) is 23.0 Å². The molecule has 1 aliphatic rings. The van der Waals surface area contributed by atoms with E-state index in [4.69, 9.17) is 13.9 Å². The summed E-state index contributed by atoms with van der Waals surface area (Å²) in [7, 11) is 1.63. The van der Waals surface area contributed by atoms with Crippen molar-refractivity contribution in [2.45, 2.75) is 39.0 Å². The van der Waals surface area contributed by atoms with Gasteiger partial charge in [0.25, 0.3) is 0 Å². The van der Waals surface area contributed by atoms with E-state index in [1.54, 1.807) is 19.6 Å². The average Bonchev–Trinajstić information content (AvgIpc) is 3.46. The van der Waals surface area contributed by atoms with Gasteiger partial charge in [-0.15, -0.1) is 0 Å². The van der Waals surface area contributed by atoms with Crippen molar-refractivity contribution < 1.29 is 18.7 Å². The summed E-state index contributed by atoms with van der Waals surface area (Å²) >= 11 is 0. The molecule has 0 bridgehead atoms. The van der Waals surface area contributed by atoms with Gasteiger partial charge in [0.05, 0.1) is 19.4 Å². The van der Waals surface area contributed by atoms with Crippen LogP contribution in [-0.4, -0.2) is 29.5 Å². The zero-order chi connectivity index (χ0) is 20.9. The number of rotatable bonds is 10. The number of hydrogen-bond acceptors (Lipinski definition) is 6. The summed E-state index contributed by atoms with van der Waals surface area (Å²) in [5.41, 5.74) is 2.95. The first kappa shape index (κ1) is 20.1. The lowest BCUT2D eigenvalue weighted by Gasteiger charge is -2.11. The largest absolute Gasteiger partial charge is 0.493 e. The number of aryl methyl sites for hydroxylation is 2. The van der Waals surface area contributed by atoms with Crippen LogP contribution < -0.4 is 9.47 Å². The Bertz CT molecular complexity index is 1020.